The molecular weight excluding hydrogens is 238 g/mol. The molecule has 1 unspecified atom stereocenters. The van der Waals surface area contributed by atoms with Gasteiger partial charge in [-0.05, 0) is 6.07 Å². The van der Waals surface area contributed by atoms with Crippen molar-refractivity contribution >= 4 is 17.2 Å². The van der Waals surface area contributed by atoms with Crippen LogP contribution in [0.3, 0.4) is 0 Å². The van der Waals surface area contributed by atoms with E-state index in [1.54, 1.807) is 12.3 Å². The molecule has 0 saturated heterocycles. The van der Waals surface area contributed by atoms with Crippen LogP contribution in [0, 0.1) is 0 Å². The second-order valence-corrected chi connectivity index (χ2v) is 3.99. The molecule has 94 valence electrons. The van der Waals surface area contributed by atoms with E-state index in [0.29, 0.717) is 23.3 Å². The number of carbonyl (C=O) groups is 1. The third kappa shape index (κ3) is 1.62. The van der Waals surface area contributed by atoms with Gasteiger partial charge in [-0.25, -0.2) is 4.89 Å². The van der Waals surface area contributed by atoms with Crippen LogP contribution in [-0.2, 0) is 9.68 Å². The first-order chi connectivity index (χ1) is 8.83. The first-order valence-corrected chi connectivity index (χ1v) is 5.48. The topological polar surface area (TPSA) is 80.8 Å². The Kier molecular flexibility index (Phi) is 2.66. The molecule has 1 aliphatic rings. The Morgan fingerprint density at radius 1 is 1.44 bits per heavy atom. The Labute approximate surface area is 102 Å². The molecule has 0 radical (unpaired) electrons. The molecule has 0 spiro atoms. The summed E-state index contributed by atoms with van der Waals surface area (Å²) < 4.78 is 10.6. The fourth-order valence-corrected chi connectivity index (χ4v) is 2.11. The summed E-state index contributed by atoms with van der Waals surface area (Å²) in [5.41, 5.74) is 1.54. The van der Waals surface area contributed by atoms with Gasteiger partial charge in [-0.2, -0.15) is 0 Å². The zero-order valence-corrected chi connectivity index (χ0v) is 9.38. The Hall–Kier alpha value is -2.05. The van der Waals surface area contributed by atoms with E-state index in [1.165, 1.54) is 0 Å². The molecule has 0 fully saturated rings. The summed E-state index contributed by atoms with van der Waals surface area (Å²) in [4.78, 5) is 17.9. The normalized spacial score (nSPS) is 14.9. The van der Waals surface area contributed by atoms with Crippen molar-refractivity contribution in [3.8, 4) is 11.5 Å². The monoisotopic (exact) mass is 249 g/mol. The number of aromatic nitrogens is 1. The third-order valence-corrected chi connectivity index (χ3v) is 2.99. The van der Waals surface area contributed by atoms with Crippen molar-refractivity contribution in [2.45, 2.75) is 12.5 Å². The van der Waals surface area contributed by atoms with Gasteiger partial charge in [0.15, 0.2) is 11.5 Å². The molecule has 1 aromatic carbocycles. The average Bonchev–Trinajstić information content (AvgIpc) is 2.99. The highest BCUT2D eigenvalue weighted by Gasteiger charge is 2.20. The Balaban J connectivity index is 2.10. The molecule has 1 atom stereocenters. The number of hydrogen-bond donors (Lipinski definition) is 2. The Morgan fingerprint density at radius 3 is 2.94 bits per heavy atom. The number of nitrogens with one attached hydrogen (secondary N) is 1. The Morgan fingerprint density at radius 2 is 2.22 bits per heavy atom. The molecule has 0 bridgehead atoms. The predicted octanol–water partition coefficient (Wildman–Crippen LogP) is 2.02. The van der Waals surface area contributed by atoms with Gasteiger partial charge in [0.2, 0.25) is 6.79 Å². The zero-order chi connectivity index (χ0) is 12.5. The van der Waals surface area contributed by atoms with Gasteiger partial charge in [-0.15, -0.1) is 0 Å². The van der Waals surface area contributed by atoms with Crippen molar-refractivity contribution in [2.24, 2.45) is 0 Å². The summed E-state index contributed by atoms with van der Waals surface area (Å²) in [7, 11) is 0. The van der Waals surface area contributed by atoms with Crippen molar-refractivity contribution in [2.75, 3.05) is 6.79 Å². The van der Waals surface area contributed by atoms with E-state index in [-0.39, 0.29) is 13.2 Å². The first kappa shape index (κ1) is 11.1. The summed E-state index contributed by atoms with van der Waals surface area (Å²) in [6.45, 7) is 0.200. The zero-order valence-electron chi connectivity index (χ0n) is 9.38. The lowest BCUT2D eigenvalue weighted by Crippen LogP contribution is -2.01. The molecule has 2 N–H and O–H groups in total. The second-order valence-electron chi connectivity index (χ2n) is 3.99. The third-order valence-electron chi connectivity index (χ3n) is 2.99. The van der Waals surface area contributed by atoms with E-state index in [9.17, 15) is 4.79 Å². The maximum atomic E-state index is 10.5. The SMILES string of the molecule is O=CCC(OO)c1c[nH]c2cc3c(cc12)OCO3. The summed E-state index contributed by atoms with van der Waals surface area (Å²) in [6.07, 6.45) is 1.80. The highest BCUT2D eigenvalue weighted by atomic mass is 17.1. The number of fused-ring (bicyclic) bond motifs is 2. The van der Waals surface area contributed by atoms with Crippen LogP contribution >= 0.6 is 0 Å². The van der Waals surface area contributed by atoms with Crippen LogP contribution in [0.4, 0.5) is 0 Å². The lowest BCUT2D eigenvalue weighted by Gasteiger charge is -2.09. The van der Waals surface area contributed by atoms with Gasteiger partial charge < -0.3 is 19.3 Å². The number of hydrogen-bond acceptors (Lipinski definition) is 5. The molecule has 6 nitrogen and oxygen atoms in total. The average molecular weight is 249 g/mol. The second kappa shape index (κ2) is 4.32. The van der Waals surface area contributed by atoms with E-state index in [2.05, 4.69) is 9.87 Å². The van der Waals surface area contributed by atoms with Crippen molar-refractivity contribution in [1.82, 2.24) is 4.98 Å². The van der Waals surface area contributed by atoms with Gasteiger partial charge in [-0.3, -0.25) is 5.26 Å². The minimum absolute atomic E-state index is 0.0812. The highest BCUT2D eigenvalue weighted by Crippen LogP contribution is 2.38. The number of benzene rings is 1. The lowest BCUT2D eigenvalue weighted by atomic mass is 10.1. The summed E-state index contributed by atoms with van der Waals surface area (Å²) in [6, 6.07) is 3.62. The molecule has 2 aromatic rings. The summed E-state index contributed by atoms with van der Waals surface area (Å²) in [5.74, 6) is 1.32. The quantitative estimate of drug-likeness (QED) is 0.492. The Bertz CT molecular complexity index is 591. The number of aldehydes is 1. The van der Waals surface area contributed by atoms with Crippen LogP contribution in [-0.4, -0.2) is 23.3 Å². The van der Waals surface area contributed by atoms with Gasteiger partial charge in [0.25, 0.3) is 0 Å². The largest absolute Gasteiger partial charge is 0.454 e. The van der Waals surface area contributed by atoms with Gasteiger partial charge in [-0.1, -0.05) is 0 Å². The van der Waals surface area contributed by atoms with Crippen molar-refractivity contribution in [3.63, 3.8) is 0 Å². The maximum Gasteiger partial charge on any atom is 0.231 e. The maximum absolute atomic E-state index is 10.5. The fourth-order valence-electron chi connectivity index (χ4n) is 2.11. The van der Waals surface area contributed by atoms with Crippen LogP contribution in [0.25, 0.3) is 10.9 Å². The number of ether oxygens (including phenoxy) is 2. The molecule has 18 heavy (non-hydrogen) atoms. The highest BCUT2D eigenvalue weighted by molar-refractivity contribution is 5.87. The van der Waals surface area contributed by atoms with Crippen molar-refractivity contribution < 1.29 is 24.4 Å². The number of H-pyrrole nitrogens is 1. The molecular formula is C12H11NO5. The number of aromatic amines is 1. The van der Waals surface area contributed by atoms with E-state index in [4.69, 9.17) is 14.7 Å². The van der Waals surface area contributed by atoms with Crippen LogP contribution in [0.15, 0.2) is 18.3 Å². The van der Waals surface area contributed by atoms with Crippen LogP contribution < -0.4 is 9.47 Å². The minimum atomic E-state index is -0.684. The lowest BCUT2D eigenvalue weighted by molar-refractivity contribution is -0.280. The van der Waals surface area contributed by atoms with E-state index in [1.807, 2.05) is 6.07 Å². The molecule has 1 aromatic heterocycles. The van der Waals surface area contributed by atoms with Gasteiger partial charge >= 0.3 is 0 Å². The first-order valence-electron chi connectivity index (χ1n) is 5.48. The van der Waals surface area contributed by atoms with E-state index < -0.39 is 6.10 Å². The van der Waals surface area contributed by atoms with Crippen LogP contribution in [0.5, 0.6) is 11.5 Å². The molecule has 6 heteroatoms. The molecule has 2 heterocycles. The number of rotatable bonds is 4. The summed E-state index contributed by atoms with van der Waals surface area (Å²) in [5, 5.41) is 9.69. The molecule has 1 aliphatic heterocycles. The van der Waals surface area contributed by atoms with E-state index >= 15 is 0 Å². The van der Waals surface area contributed by atoms with Crippen LogP contribution in [0.1, 0.15) is 18.1 Å². The minimum Gasteiger partial charge on any atom is -0.454 e. The number of carbonyl (C=O) groups excluding carboxylic acids is 1. The molecule has 0 aliphatic carbocycles. The van der Waals surface area contributed by atoms with Crippen LogP contribution in [0.2, 0.25) is 0 Å². The standard InChI is InChI=1S/C12H11NO5/c14-2-1-10(18-15)8-5-13-9-4-12-11(3-7(8)9)16-6-17-12/h2-5,10,13,15H,1,6H2. The molecule has 0 saturated carbocycles. The van der Waals surface area contributed by atoms with Crippen molar-refractivity contribution in [1.29, 1.82) is 0 Å². The van der Waals surface area contributed by atoms with Gasteiger partial charge in [0.1, 0.15) is 12.4 Å². The van der Waals surface area contributed by atoms with E-state index in [0.717, 1.165) is 10.9 Å². The van der Waals surface area contributed by atoms with Crippen molar-refractivity contribution in [3.05, 3.63) is 23.9 Å². The van der Waals surface area contributed by atoms with Gasteiger partial charge in [0.05, 0.1) is 0 Å². The smallest absolute Gasteiger partial charge is 0.231 e. The molecule has 3 rings (SSSR count). The predicted molar refractivity (Wildman–Crippen MR) is 61.6 cm³/mol. The molecule has 0 amide bonds. The van der Waals surface area contributed by atoms with Gasteiger partial charge in [0, 0.05) is 35.2 Å². The fraction of sp³-hybridized carbons (Fsp3) is 0.250. The summed E-state index contributed by atoms with van der Waals surface area (Å²) >= 11 is 0.